The van der Waals surface area contributed by atoms with Gasteiger partial charge >= 0.3 is 5.97 Å². The van der Waals surface area contributed by atoms with Gasteiger partial charge in [0, 0.05) is 31.3 Å². The van der Waals surface area contributed by atoms with Crippen molar-refractivity contribution in [2.45, 2.75) is 65.5 Å². The molecular formula is C36H37N5O2. The Morgan fingerprint density at radius 2 is 1.65 bits per heavy atom. The number of carboxylic acids is 1. The van der Waals surface area contributed by atoms with Crippen LogP contribution in [0.5, 0.6) is 0 Å². The van der Waals surface area contributed by atoms with Crippen molar-refractivity contribution in [1.29, 1.82) is 0 Å². The second kappa shape index (κ2) is 12.6. The van der Waals surface area contributed by atoms with Gasteiger partial charge < -0.3 is 14.2 Å². The van der Waals surface area contributed by atoms with Gasteiger partial charge in [0.1, 0.15) is 17.2 Å². The van der Waals surface area contributed by atoms with Crippen LogP contribution in [0.15, 0.2) is 85.1 Å². The molecule has 0 amide bonds. The van der Waals surface area contributed by atoms with Crippen LogP contribution in [-0.4, -0.2) is 35.2 Å². The molecular weight excluding hydrogens is 534 g/mol. The van der Waals surface area contributed by atoms with Crippen LogP contribution < -0.4 is 0 Å². The van der Waals surface area contributed by atoms with Crippen molar-refractivity contribution in [3.05, 3.63) is 102 Å². The first-order valence-electron chi connectivity index (χ1n) is 15.3. The fourth-order valence-electron chi connectivity index (χ4n) is 5.91. The predicted octanol–water partition coefficient (Wildman–Crippen LogP) is 8.39. The minimum Gasteiger partial charge on any atom is -0.478 e. The van der Waals surface area contributed by atoms with Crippen LogP contribution >= 0.6 is 0 Å². The van der Waals surface area contributed by atoms with Crippen LogP contribution in [-0.2, 0) is 19.5 Å². The van der Waals surface area contributed by atoms with Gasteiger partial charge in [-0.15, -0.1) is 0 Å². The molecule has 3 aromatic carbocycles. The van der Waals surface area contributed by atoms with Crippen molar-refractivity contribution in [3.8, 4) is 22.5 Å². The molecule has 7 heteroatoms. The van der Waals surface area contributed by atoms with E-state index in [9.17, 15) is 9.90 Å². The highest BCUT2D eigenvalue weighted by molar-refractivity contribution is 5.96. The standard InChI is InChI=1S/C36H37N5O2/c1-3-5-6-10-21-40-34(39-31-15-11-20-37-35(31)40)27-17-19-30-32(23-27)41(33(38-30)12-4-2)24-25-16-18-28(29(22-25)36(42)43)26-13-8-7-9-14-26/h7-9,11,13-20,22-23H,3-6,10,12,21,24H2,1-2H3,(H,42,43). The highest BCUT2D eigenvalue weighted by Gasteiger charge is 2.18. The van der Waals surface area contributed by atoms with Crippen LogP contribution in [0.2, 0.25) is 0 Å². The second-order valence-corrected chi connectivity index (χ2v) is 11.1. The van der Waals surface area contributed by atoms with E-state index in [1.807, 2.05) is 60.8 Å². The summed E-state index contributed by atoms with van der Waals surface area (Å²) in [5.74, 6) is 0.976. The van der Waals surface area contributed by atoms with Crippen molar-refractivity contribution >= 4 is 28.2 Å². The van der Waals surface area contributed by atoms with Gasteiger partial charge in [0.05, 0.1) is 16.6 Å². The quantitative estimate of drug-likeness (QED) is 0.149. The summed E-state index contributed by atoms with van der Waals surface area (Å²) in [5, 5.41) is 10.1. The van der Waals surface area contributed by atoms with Gasteiger partial charge in [-0.1, -0.05) is 75.6 Å². The number of hydrogen-bond donors (Lipinski definition) is 1. The number of fused-ring (bicyclic) bond motifs is 2. The van der Waals surface area contributed by atoms with Crippen molar-refractivity contribution in [3.63, 3.8) is 0 Å². The fraction of sp³-hybridized carbons (Fsp3) is 0.278. The predicted molar refractivity (Wildman–Crippen MR) is 172 cm³/mol. The number of hydrogen-bond acceptors (Lipinski definition) is 4. The van der Waals surface area contributed by atoms with Crippen LogP contribution in [0.1, 0.15) is 67.7 Å². The Morgan fingerprint density at radius 3 is 2.44 bits per heavy atom. The minimum atomic E-state index is -0.932. The SMILES string of the molecule is CCCCCCn1c(-c2ccc3nc(CCC)n(Cc4ccc(-c5ccccc5)c(C(=O)O)c4)c3c2)nc2cccnc21. The molecule has 0 aliphatic rings. The highest BCUT2D eigenvalue weighted by atomic mass is 16.4. The van der Waals surface area contributed by atoms with E-state index in [2.05, 4.69) is 46.2 Å². The number of aromatic nitrogens is 5. The number of imidazole rings is 2. The Bertz CT molecular complexity index is 1890. The number of carbonyl (C=O) groups is 1. The van der Waals surface area contributed by atoms with E-state index in [0.717, 1.165) is 81.9 Å². The Balaban J connectivity index is 1.42. The monoisotopic (exact) mass is 571 g/mol. The number of benzene rings is 3. The zero-order valence-electron chi connectivity index (χ0n) is 24.8. The van der Waals surface area contributed by atoms with Crippen molar-refractivity contribution < 1.29 is 9.90 Å². The summed E-state index contributed by atoms with van der Waals surface area (Å²) in [4.78, 5) is 27.0. The van der Waals surface area contributed by atoms with E-state index in [0.29, 0.717) is 12.1 Å². The molecule has 0 spiro atoms. The highest BCUT2D eigenvalue weighted by Crippen LogP contribution is 2.30. The van der Waals surface area contributed by atoms with E-state index in [1.165, 1.54) is 19.3 Å². The Kier molecular flexibility index (Phi) is 8.31. The van der Waals surface area contributed by atoms with Gasteiger partial charge in [0.2, 0.25) is 0 Å². The lowest BCUT2D eigenvalue weighted by Crippen LogP contribution is -2.07. The van der Waals surface area contributed by atoms with Gasteiger partial charge in [0.15, 0.2) is 5.65 Å². The third-order valence-corrected chi connectivity index (χ3v) is 8.04. The molecule has 1 N–H and O–H groups in total. The fourth-order valence-corrected chi connectivity index (χ4v) is 5.91. The molecule has 0 fully saturated rings. The maximum absolute atomic E-state index is 12.3. The van der Waals surface area contributed by atoms with E-state index in [4.69, 9.17) is 9.97 Å². The number of nitrogens with zero attached hydrogens (tertiary/aromatic N) is 5. The van der Waals surface area contributed by atoms with Crippen molar-refractivity contribution in [2.75, 3.05) is 0 Å². The largest absolute Gasteiger partial charge is 0.478 e. The molecule has 7 nitrogen and oxygen atoms in total. The van der Waals surface area contributed by atoms with E-state index in [1.54, 1.807) is 6.07 Å². The summed E-state index contributed by atoms with van der Waals surface area (Å²) in [5.41, 5.74) is 7.61. The lowest BCUT2D eigenvalue weighted by molar-refractivity contribution is 0.0697. The lowest BCUT2D eigenvalue weighted by atomic mass is 9.97. The van der Waals surface area contributed by atoms with Crippen molar-refractivity contribution in [1.82, 2.24) is 24.1 Å². The number of carboxylic acid groups (broad SMARTS) is 1. The number of unbranched alkanes of at least 4 members (excludes halogenated alkanes) is 3. The maximum atomic E-state index is 12.3. The van der Waals surface area contributed by atoms with E-state index in [-0.39, 0.29) is 0 Å². The minimum absolute atomic E-state index is 0.301. The molecule has 0 aliphatic carbocycles. The van der Waals surface area contributed by atoms with Crippen LogP contribution in [0.4, 0.5) is 0 Å². The number of pyridine rings is 1. The zero-order valence-corrected chi connectivity index (χ0v) is 24.8. The molecule has 0 saturated carbocycles. The van der Waals surface area contributed by atoms with E-state index >= 15 is 0 Å². The number of rotatable bonds is 12. The third-order valence-electron chi connectivity index (χ3n) is 8.04. The average Bonchev–Trinajstić information content (AvgIpc) is 3.57. The summed E-state index contributed by atoms with van der Waals surface area (Å²) in [7, 11) is 0. The first-order valence-corrected chi connectivity index (χ1v) is 15.3. The Hall–Kier alpha value is -4.78. The molecule has 0 atom stereocenters. The summed E-state index contributed by atoms with van der Waals surface area (Å²) in [6.07, 6.45) is 8.29. The number of aromatic carboxylic acids is 1. The second-order valence-electron chi connectivity index (χ2n) is 11.1. The molecule has 0 aliphatic heterocycles. The first kappa shape index (κ1) is 28.3. The van der Waals surface area contributed by atoms with Gasteiger partial charge in [-0.05, 0) is 65.9 Å². The smallest absolute Gasteiger partial charge is 0.336 e. The summed E-state index contributed by atoms with van der Waals surface area (Å²) >= 11 is 0. The molecule has 0 unspecified atom stereocenters. The van der Waals surface area contributed by atoms with Crippen LogP contribution in [0.3, 0.4) is 0 Å². The van der Waals surface area contributed by atoms with Gasteiger partial charge in [0.25, 0.3) is 0 Å². The molecule has 3 aromatic heterocycles. The first-order chi connectivity index (χ1) is 21.1. The number of aryl methyl sites for hydroxylation is 2. The molecule has 3 heterocycles. The van der Waals surface area contributed by atoms with Crippen LogP contribution in [0, 0.1) is 0 Å². The molecule has 6 aromatic rings. The third kappa shape index (κ3) is 5.80. The topological polar surface area (TPSA) is 85.8 Å². The molecule has 0 bridgehead atoms. The van der Waals surface area contributed by atoms with E-state index < -0.39 is 5.97 Å². The van der Waals surface area contributed by atoms with Gasteiger partial charge in [-0.25, -0.2) is 19.7 Å². The molecule has 218 valence electrons. The molecule has 6 rings (SSSR count). The molecule has 0 saturated heterocycles. The summed E-state index contributed by atoms with van der Waals surface area (Å²) in [6.45, 7) is 5.78. The van der Waals surface area contributed by atoms with Gasteiger partial charge in [-0.2, -0.15) is 0 Å². The Morgan fingerprint density at radius 1 is 0.791 bits per heavy atom. The summed E-state index contributed by atoms with van der Waals surface area (Å²) in [6, 6.07) is 25.8. The summed E-state index contributed by atoms with van der Waals surface area (Å²) < 4.78 is 4.49. The Labute approximate surface area is 251 Å². The maximum Gasteiger partial charge on any atom is 0.336 e. The average molecular weight is 572 g/mol. The van der Waals surface area contributed by atoms with Gasteiger partial charge in [-0.3, -0.25) is 0 Å². The van der Waals surface area contributed by atoms with Crippen molar-refractivity contribution in [2.24, 2.45) is 0 Å². The normalized spacial score (nSPS) is 11.5. The lowest BCUT2D eigenvalue weighted by Gasteiger charge is -2.13. The van der Waals surface area contributed by atoms with Crippen LogP contribution in [0.25, 0.3) is 44.7 Å². The molecule has 43 heavy (non-hydrogen) atoms. The molecule has 0 radical (unpaired) electrons. The zero-order chi connectivity index (χ0) is 29.8.